The molecule has 2 rings (SSSR count). The molecule has 0 aliphatic rings. The van der Waals surface area contributed by atoms with Gasteiger partial charge in [0.15, 0.2) is 0 Å². The summed E-state index contributed by atoms with van der Waals surface area (Å²) in [4.78, 5) is 14.7. The molecule has 6 heteroatoms. The summed E-state index contributed by atoms with van der Waals surface area (Å²) in [7, 11) is 0. The first-order valence-electron chi connectivity index (χ1n) is 5.74. The largest absolute Gasteiger partial charge is 0.340 e. The molecule has 0 unspecified atom stereocenters. The Morgan fingerprint density at radius 2 is 2.15 bits per heavy atom. The van der Waals surface area contributed by atoms with Crippen molar-refractivity contribution >= 4 is 34.8 Å². The summed E-state index contributed by atoms with van der Waals surface area (Å²) in [5.41, 5.74) is 7.00. The van der Waals surface area contributed by atoms with Gasteiger partial charge in [0, 0.05) is 11.3 Å². The zero-order valence-corrected chi connectivity index (χ0v) is 11.8. The van der Waals surface area contributed by atoms with Crippen LogP contribution in [-0.4, -0.2) is 17.4 Å². The number of nitrogens with two attached hydrogens (primary N) is 1. The summed E-state index contributed by atoms with van der Waals surface area (Å²) in [6, 6.07) is 8.62. The minimum absolute atomic E-state index is 0.236. The van der Waals surface area contributed by atoms with E-state index in [1.807, 2.05) is 6.07 Å². The minimum Gasteiger partial charge on any atom is -0.340 e. The maximum atomic E-state index is 12.0. The molecule has 0 saturated carbocycles. The Morgan fingerprint density at radius 3 is 2.80 bits per heavy atom. The zero-order chi connectivity index (χ0) is 14.5. The average molecular weight is 308 g/mol. The average Bonchev–Trinajstić information content (AvgIpc) is 2.77. The summed E-state index contributed by atoms with van der Waals surface area (Å²) in [6.07, 6.45) is 0. The van der Waals surface area contributed by atoms with Crippen LogP contribution in [0.25, 0.3) is 0 Å². The SMILES string of the molecule is NCC#Cc1cccc(NC(=O)c2cc(Cl)c(Cl)[nH]2)c1. The number of amides is 1. The van der Waals surface area contributed by atoms with Crippen molar-refractivity contribution in [1.29, 1.82) is 0 Å². The van der Waals surface area contributed by atoms with E-state index in [9.17, 15) is 4.79 Å². The minimum atomic E-state index is -0.331. The molecule has 20 heavy (non-hydrogen) atoms. The molecule has 2 aromatic rings. The zero-order valence-electron chi connectivity index (χ0n) is 10.3. The van der Waals surface area contributed by atoms with Crippen LogP contribution >= 0.6 is 23.2 Å². The fourth-order valence-electron chi connectivity index (χ4n) is 1.55. The van der Waals surface area contributed by atoms with Gasteiger partial charge in [0.2, 0.25) is 0 Å². The molecule has 0 fully saturated rings. The Kier molecular flexibility index (Phi) is 4.70. The van der Waals surface area contributed by atoms with Crippen LogP contribution in [0.15, 0.2) is 30.3 Å². The van der Waals surface area contributed by atoms with Crippen molar-refractivity contribution < 1.29 is 4.79 Å². The summed E-state index contributed by atoms with van der Waals surface area (Å²) in [5, 5.41) is 3.27. The van der Waals surface area contributed by atoms with Gasteiger partial charge >= 0.3 is 0 Å². The molecular formula is C14H11Cl2N3O. The molecule has 0 bridgehead atoms. The normalized spacial score (nSPS) is 9.75. The molecule has 0 radical (unpaired) electrons. The molecule has 0 aliphatic carbocycles. The molecule has 0 aliphatic heterocycles. The second-order valence-electron chi connectivity index (χ2n) is 3.89. The van der Waals surface area contributed by atoms with E-state index in [0.717, 1.165) is 5.56 Å². The van der Waals surface area contributed by atoms with E-state index < -0.39 is 0 Å². The van der Waals surface area contributed by atoms with E-state index in [4.69, 9.17) is 28.9 Å². The smallest absolute Gasteiger partial charge is 0.272 e. The molecule has 1 heterocycles. The second kappa shape index (κ2) is 6.49. The van der Waals surface area contributed by atoms with Gasteiger partial charge < -0.3 is 16.0 Å². The van der Waals surface area contributed by atoms with Gasteiger partial charge in [0.1, 0.15) is 10.8 Å². The van der Waals surface area contributed by atoms with Gasteiger partial charge in [-0.3, -0.25) is 4.79 Å². The molecule has 1 aromatic carbocycles. The van der Waals surface area contributed by atoms with Crippen molar-refractivity contribution in [3.63, 3.8) is 0 Å². The van der Waals surface area contributed by atoms with Crippen LogP contribution in [0, 0.1) is 11.8 Å². The highest BCUT2D eigenvalue weighted by Crippen LogP contribution is 2.22. The van der Waals surface area contributed by atoms with Crippen molar-refractivity contribution in [2.24, 2.45) is 5.73 Å². The Bertz CT molecular complexity index is 678. The van der Waals surface area contributed by atoms with Crippen molar-refractivity contribution in [3.05, 3.63) is 51.8 Å². The van der Waals surface area contributed by atoms with E-state index in [1.165, 1.54) is 6.07 Å². The van der Waals surface area contributed by atoms with Crippen LogP contribution in [0.1, 0.15) is 16.1 Å². The van der Waals surface area contributed by atoms with Crippen molar-refractivity contribution in [2.45, 2.75) is 0 Å². The number of hydrogen-bond acceptors (Lipinski definition) is 2. The third-order valence-electron chi connectivity index (χ3n) is 2.43. The van der Waals surface area contributed by atoms with Gasteiger partial charge in [-0.1, -0.05) is 41.1 Å². The molecule has 102 valence electrons. The Morgan fingerprint density at radius 1 is 1.35 bits per heavy atom. The first kappa shape index (κ1) is 14.5. The van der Waals surface area contributed by atoms with E-state index in [0.29, 0.717) is 16.4 Å². The fourth-order valence-corrected chi connectivity index (χ4v) is 1.87. The molecule has 0 saturated heterocycles. The van der Waals surface area contributed by atoms with Crippen LogP contribution in [-0.2, 0) is 0 Å². The lowest BCUT2D eigenvalue weighted by atomic mass is 10.2. The van der Waals surface area contributed by atoms with Crippen LogP contribution in [0.4, 0.5) is 5.69 Å². The van der Waals surface area contributed by atoms with Crippen LogP contribution in [0.2, 0.25) is 10.2 Å². The number of hydrogen-bond donors (Lipinski definition) is 3. The molecule has 0 atom stereocenters. The topological polar surface area (TPSA) is 70.9 Å². The molecule has 1 aromatic heterocycles. The van der Waals surface area contributed by atoms with Gasteiger partial charge in [-0.25, -0.2) is 0 Å². The summed E-state index contributed by atoms with van der Waals surface area (Å²) in [6.45, 7) is 0.288. The first-order valence-corrected chi connectivity index (χ1v) is 6.50. The van der Waals surface area contributed by atoms with Gasteiger partial charge in [-0.05, 0) is 24.3 Å². The summed E-state index contributed by atoms with van der Waals surface area (Å²) < 4.78 is 0. The van der Waals surface area contributed by atoms with Gasteiger partial charge in [0.25, 0.3) is 5.91 Å². The van der Waals surface area contributed by atoms with Crippen LogP contribution < -0.4 is 11.1 Å². The lowest BCUT2D eigenvalue weighted by Gasteiger charge is -2.04. The predicted octanol–water partition coefficient (Wildman–Crippen LogP) is 2.88. The number of aromatic amines is 1. The van der Waals surface area contributed by atoms with Crippen molar-refractivity contribution in [3.8, 4) is 11.8 Å². The quantitative estimate of drug-likeness (QED) is 0.747. The molecule has 4 nitrogen and oxygen atoms in total. The number of H-pyrrole nitrogens is 1. The first-order chi connectivity index (χ1) is 9.60. The monoisotopic (exact) mass is 307 g/mol. The number of carbonyl (C=O) groups excluding carboxylic acids is 1. The Hall–Kier alpha value is -1.93. The van der Waals surface area contributed by atoms with Crippen molar-refractivity contribution in [2.75, 3.05) is 11.9 Å². The number of halogens is 2. The van der Waals surface area contributed by atoms with E-state index >= 15 is 0 Å². The fraction of sp³-hybridized carbons (Fsp3) is 0.0714. The van der Waals surface area contributed by atoms with Crippen molar-refractivity contribution in [1.82, 2.24) is 4.98 Å². The molecular weight excluding hydrogens is 297 g/mol. The number of anilines is 1. The Balaban J connectivity index is 2.15. The summed E-state index contributed by atoms with van der Waals surface area (Å²) >= 11 is 11.5. The third-order valence-corrected chi connectivity index (χ3v) is 3.12. The highest BCUT2D eigenvalue weighted by Gasteiger charge is 2.11. The predicted molar refractivity (Wildman–Crippen MR) is 81.1 cm³/mol. The lowest BCUT2D eigenvalue weighted by Crippen LogP contribution is -2.12. The maximum Gasteiger partial charge on any atom is 0.272 e. The van der Waals surface area contributed by atoms with Crippen LogP contribution in [0.5, 0.6) is 0 Å². The number of aromatic nitrogens is 1. The lowest BCUT2D eigenvalue weighted by molar-refractivity contribution is 0.102. The van der Waals surface area contributed by atoms with Crippen LogP contribution in [0.3, 0.4) is 0 Å². The van der Waals surface area contributed by atoms with E-state index in [1.54, 1.807) is 18.2 Å². The standard InChI is InChI=1S/C14H11Cl2N3O/c15-11-8-12(19-13(11)16)14(20)18-10-5-1-3-9(7-10)4-2-6-17/h1,3,5,7-8,19H,6,17H2,(H,18,20). The van der Waals surface area contributed by atoms with E-state index in [-0.39, 0.29) is 17.6 Å². The Labute approximate surface area is 126 Å². The maximum absolute atomic E-state index is 12.0. The number of rotatable bonds is 2. The van der Waals surface area contributed by atoms with E-state index in [2.05, 4.69) is 22.1 Å². The molecule has 0 spiro atoms. The molecule has 4 N–H and O–H groups in total. The van der Waals surface area contributed by atoms with Gasteiger partial charge in [-0.2, -0.15) is 0 Å². The number of carbonyl (C=O) groups is 1. The third kappa shape index (κ3) is 3.55. The summed E-state index contributed by atoms with van der Waals surface area (Å²) in [5.74, 6) is 5.32. The molecule has 1 amide bonds. The van der Waals surface area contributed by atoms with Gasteiger partial charge in [-0.15, -0.1) is 0 Å². The number of benzene rings is 1. The van der Waals surface area contributed by atoms with Gasteiger partial charge in [0.05, 0.1) is 11.6 Å². The highest BCUT2D eigenvalue weighted by molar-refractivity contribution is 6.41. The highest BCUT2D eigenvalue weighted by atomic mass is 35.5. The second-order valence-corrected chi connectivity index (χ2v) is 4.67. The number of nitrogens with one attached hydrogen (secondary N) is 2.